The molecule has 0 aliphatic rings. The summed E-state index contributed by atoms with van der Waals surface area (Å²) < 4.78 is 13.0. The molecule has 0 fully saturated rings. The van der Waals surface area contributed by atoms with Crippen LogP contribution in [0.5, 0.6) is 0 Å². The Morgan fingerprint density at radius 2 is 2.05 bits per heavy atom. The van der Waals surface area contributed by atoms with Gasteiger partial charge in [0.15, 0.2) is 0 Å². The van der Waals surface area contributed by atoms with E-state index in [9.17, 15) is 14.0 Å². The predicted octanol–water partition coefficient (Wildman–Crippen LogP) is 3.31. The number of halogens is 1. The number of hydrogen-bond donors (Lipinski definition) is 3. The first-order valence-electron chi connectivity index (χ1n) is 6.79. The Bertz CT molecular complexity index is 672. The van der Waals surface area contributed by atoms with Gasteiger partial charge < -0.3 is 5.32 Å². The minimum absolute atomic E-state index is 0.299. The Kier molecular flexibility index (Phi) is 5.48. The third-order valence-corrected chi connectivity index (χ3v) is 3.78. The van der Waals surface area contributed by atoms with Crippen molar-refractivity contribution in [1.82, 2.24) is 10.9 Å². The van der Waals surface area contributed by atoms with Crippen LogP contribution in [0, 0.1) is 5.82 Å². The number of hydrazine groups is 1. The third-order valence-electron chi connectivity index (χ3n) is 2.78. The van der Waals surface area contributed by atoms with E-state index in [0.29, 0.717) is 11.3 Å². The Labute approximate surface area is 131 Å². The Morgan fingerprint density at radius 1 is 1.23 bits per heavy atom. The quantitative estimate of drug-likeness (QED) is 0.756. The van der Waals surface area contributed by atoms with Crippen molar-refractivity contribution < 1.29 is 14.0 Å². The lowest BCUT2D eigenvalue weighted by molar-refractivity contribution is 0.0938. The van der Waals surface area contributed by atoms with E-state index in [4.69, 9.17) is 0 Å². The molecule has 0 aliphatic heterocycles. The average Bonchev–Trinajstić information content (AvgIpc) is 2.94. The van der Waals surface area contributed by atoms with E-state index in [2.05, 4.69) is 23.1 Å². The molecule has 2 aromatic rings. The molecule has 0 radical (unpaired) electrons. The van der Waals surface area contributed by atoms with Gasteiger partial charge in [0.2, 0.25) is 0 Å². The highest BCUT2D eigenvalue weighted by molar-refractivity contribution is 7.10. The van der Waals surface area contributed by atoms with E-state index >= 15 is 0 Å². The lowest BCUT2D eigenvalue weighted by Crippen LogP contribution is -2.43. The first-order chi connectivity index (χ1) is 10.6. The lowest BCUT2D eigenvalue weighted by Gasteiger charge is -2.08. The second-order valence-electron chi connectivity index (χ2n) is 4.60. The lowest BCUT2D eigenvalue weighted by atomic mass is 10.2. The van der Waals surface area contributed by atoms with Gasteiger partial charge in [0.1, 0.15) is 5.82 Å². The van der Waals surface area contributed by atoms with Crippen molar-refractivity contribution in [2.24, 2.45) is 0 Å². The number of aryl methyl sites for hydroxylation is 1. The van der Waals surface area contributed by atoms with Gasteiger partial charge in [-0.05, 0) is 30.7 Å². The molecule has 1 aromatic carbocycles. The molecule has 3 amide bonds. The van der Waals surface area contributed by atoms with E-state index in [1.807, 2.05) is 0 Å². The van der Waals surface area contributed by atoms with Gasteiger partial charge in [0.05, 0.1) is 5.56 Å². The van der Waals surface area contributed by atoms with Crippen LogP contribution in [0.2, 0.25) is 0 Å². The van der Waals surface area contributed by atoms with E-state index in [0.717, 1.165) is 17.7 Å². The maximum atomic E-state index is 13.0. The SMILES string of the molecule is CCCc1cc(C(=O)NNC(=O)Nc2cccc(F)c2)cs1. The van der Waals surface area contributed by atoms with Gasteiger partial charge in [-0.3, -0.25) is 10.2 Å². The van der Waals surface area contributed by atoms with Crippen molar-refractivity contribution in [1.29, 1.82) is 0 Å². The molecule has 0 aliphatic carbocycles. The topological polar surface area (TPSA) is 70.2 Å². The second kappa shape index (κ2) is 7.56. The molecule has 0 saturated carbocycles. The summed E-state index contributed by atoms with van der Waals surface area (Å²) in [6, 6.07) is 6.62. The summed E-state index contributed by atoms with van der Waals surface area (Å²) in [6.07, 6.45) is 1.93. The van der Waals surface area contributed by atoms with Crippen molar-refractivity contribution in [3.63, 3.8) is 0 Å². The monoisotopic (exact) mass is 321 g/mol. The second-order valence-corrected chi connectivity index (χ2v) is 5.59. The van der Waals surface area contributed by atoms with Crippen LogP contribution in [0.1, 0.15) is 28.6 Å². The molecule has 5 nitrogen and oxygen atoms in total. The zero-order valence-electron chi connectivity index (χ0n) is 12.0. The normalized spacial score (nSPS) is 10.1. The molecule has 7 heteroatoms. The molecular formula is C15H16FN3O2S. The predicted molar refractivity (Wildman–Crippen MR) is 84.3 cm³/mol. The first kappa shape index (κ1) is 16.0. The smallest absolute Gasteiger partial charge is 0.306 e. The number of amides is 3. The number of hydrogen-bond acceptors (Lipinski definition) is 3. The van der Waals surface area contributed by atoms with Crippen molar-refractivity contribution in [2.45, 2.75) is 19.8 Å². The van der Waals surface area contributed by atoms with Crippen molar-refractivity contribution in [3.8, 4) is 0 Å². The number of nitrogens with one attached hydrogen (secondary N) is 3. The van der Waals surface area contributed by atoms with Gasteiger partial charge >= 0.3 is 6.03 Å². The number of carbonyl (C=O) groups excluding carboxylic acids is 2. The minimum atomic E-state index is -0.650. The summed E-state index contributed by atoms with van der Waals surface area (Å²) in [6.45, 7) is 2.07. The van der Waals surface area contributed by atoms with Gasteiger partial charge in [-0.1, -0.05) is 19.4 Å². The maximum Gasteiger partial charge on any atom is 0.337 e. The number of thiophene rings is 1. The summed E-state index contributed by atoms with van der Waals surface area (Å²) in [4.78, 5) is 24.6. The summed E-state index contributed by atoms with van der Waals surface area (Å²) >= 11 is 1.51. The van der Waals surface area contributed by atoms with Gasteiger partial charge in [0.25, 0.3) is 5.91 Å². The van der Waals surface area contributed by atoms with Crippen LogP contribution >= 0.6 is 11.3 Å². The Morgan fingerprint density at radius 3 is 2.77 bits per heavy atom. The molecule has 22 heavy (non-hydrogen) atoms. The van der Waals surface area contributed by atoms with Crippen LogP contribution in [-0.4, -0.2) is 11.9 Å². The Hall–Kier alpha value is -2.41. The summed E-state index contributed by atoms with van der Waals surface area (Å²) in [5.41, 5.74) is 5.32. The Balaban J connectivity index is 1.83. The van der Waals surface area contributed by atoms with Gasteiger partial charge in [-0.15, -0.1) is 11.3 Å². The highest BCUT2D eigenvalue weighted by Crippen LogP contribution is 2.16. The van der Waals surface area contributed by atoms with Gasteiger partial charge in [-0.25, -0.2) is 14.6 Å². The highest BCUT2D eigenvalue weighted by atomic mass is 32.1. The zero-order chi connectivity index (χ0) is 15.9. The van der Waals surface area contributed by atoms with E-state index in [1.165, 1.54) is 29.5 Å². The number of rotatable bonds is 4. The van der Waals surface area contributed by atoms with Crippen LogP contribution in [0.15, 0.2) is 35.7 Å². The largest absolute Gasteiger partial charge is 0.337 e. The van der Waals surface area contributed by atoms with Gasteiger partial charge in [0, 0.05) is 15.9 Å². The fourth-order valence-electron chi connectivity index (χ4n) is 1.79. The van der Waals surface area contributed by atoms with Crippen LogP contribution < -0.4 is 16.2 Å². The number of anilines is 1. The maximum absolute atomic E-state index is 13.0. The summed E-state index contributed by atoms with van der Waals surface area (Å²) in [5.74, 6) is -0.850. The molecule has 1 aromatic heterocycles. The molecule has 1 heterocycles. The van der Waals surface area contributed by atoms with E-state index in [-0.39, 0.29) is 0 Å². The fourth-order valence-corrected chi connectivity index (χ4v) is 2.76. The zero-order valence-corrected chi connectivity index (χ0v) is 12.8. The standard InChI is InChI=1S/C15H16FN3O2S/c1-2-4-13-7-10(9-22-13)14(20)18-19-15(21)17-12-6-3-5-11(16)8-12/h3,5-9H,2,4H2,1H3,(H,18,20)(H2,17,19,21). The van der Waals surface area contributed by atoms with E-state index < -0.39 is 17.8 Å². The number of benzene rings is 1. The summed E-state index contributed by atoms with van der Waals surface area (Å²) in [5, 5.41) is 4.16. The van der Waals surface area contributed by atoms with Crippen LogP contribution in [0.3, 0.4) is 0 Å². The summed E-state index contributed by atoms with van der Waals surface area (Å²) in [7, 11) is 0. The van der Waals surface area contributed by atoms with Crippen molar-refractivity contribution in [3.05, 3.63) is 52.0 Å². The van der Waals surface area contributed by atoms with Crippen molar-refractivity contribution in [2.75, 3.05) is 5.32 Å². The van der Waals surface area contributed by atoms with Crippen molar-refractivity contribution >= 4 is 29.0 Å². The molecule has 0 bridgehead atoms. The molecule has 0 spiro atoms. The van der Waals surface area contributed by atoms with E-state index in [1.54, 1.807) is 17.5 Å². The average molecular weight is 321 g/mol. The number of urea groups is 1. The fraction of sp³-hybridized carbons (Fsp3) is 0.200. The highest BCUT2D eigenvalue weighted by Gasteiger charge is 2.10. The first-order valence-corrected chi connectivity index (χ1v) is 7.66. The molecule has 116 valence electrons. The molecular weight excluding hydrogens is 305 g/mol. The minimum Gasteiger partial charge on any atom is -0.306 e. The van der Waals surface area contributed by atoms with Crippen LogP contribution in [0.4, 0.5) is 14.9 Å². The molecule has 0 atom stereocenters. The van der Waals surface area contributed by atoms with Crippen LogP contribution in [-0.2, 0) is 6.42 Å². The number of carbonyl (C=O) groups is 2. The van der Waals surface area contributed by atoms with Crippen LogP contribution in [0.25, 0.3) is 0 Å². The third kappa shape index (κ3) is 4.56. The molecule has 2 rings (SSSR count). The molecule has 0 saturated heterocycles. The van der Waals surface area contributed by atoms with Gasteiger partial charge in [-0.2, -0.15) is 0 Å². The molecule has 0 unspecified atom stereocenters. The molecule has 3 N–H and O–H groups in total.